The molecule has 1 aliphatic heterocycles. The summed E-state index contributed by atoms with van der Waals surface area (Å²) in [6, 6.07) is 7.89. The van der Waals surface area contributed by atoms with E-state index in [2.05, 4.69) is 16.4 Å². The summed E-state index contributed by atoms with van der Waals surface area (Å²) in [5, 5.41) is 81.7. The Kier molecular flexibility index (Phi) is 12.9. The maximum absolute atomic E-state index is 11.7. The van der Waals surface area contributed by atoms with Crippen LogP contribution in [0.3, 0.4) is 0 Å². The van der Waals surface area contributed by atoms with Gasteiger partial charge in [-0.1, -0.05) is 25.0 Å². The quantitative estimate of drug-likeness (QED) is 0.0813. The van der Waals surface area contributed by atoms with Crippen LogP contribution in [0.2, 0.25) is 0 Å². The zero-order valence-corrected chi connectivity index (χ0v) is 33.1. The predicted molar refractivity (Wildman–Crippen MR) is 213 cm³/mol. The van der Waals surface area contributed by atoms with Crippen LogP contribution in [0.1, 0.15) is 141 Å². The standard InChI is InChI=1S/C45H64N2O9/c1-46-17-12-26-5-8-30(37(50)11-16-45(54)14-3-4-15-45)32(19-26)33-21-28(7-10-36(33)49)29-6-9-31-38(51)23-40(56-39(31)22-29)41-34(20-27-13-18-47-24-27)44(55-2)43(53)42(52)35(41)25-48/h7,10,13,18,21,24,26,29-32,37-40,46-54H,3-6,8-9,11-12,14-17,19-20,22-23,25H2,1-2H3/t26-,29+,30-,31+,32+,37+,38-,39-,40-/m0/s1. The Morgan fingerprint density at radius 3 is 2.52 bits per heavy atom. The van der Waals surface area contributed by atoms with Crippen LogP contribution in [0.15, 0.2) is 36.7 Å². The predicted octanol–water partition coefficient (Wildman–Crippen LogP) is 6.55. The summed E-state index contributed by atoms with van der Waals surface area (Å²) in [4.78, 5) is 3.06. The second-order valence-corrected chi connectivity index (χ2v) is 17.5. The van der Waals surface area contributed by atoms with Crippen molar-refractivity contribution in [3.8, 4) is 23.0 Å². The van der Waals surface area contributed by atoms with Crippen molar-refractivity contribution in [2.45, 2.75) is 145 Å². The van der Waals surface area contributed by atoms with Crippen molar-refractivity contribution >= 4 is 0 Å². The average Bonchev–Trinajstić information content (AvgIpc) is 3.89. The topological polar surface area (TPSA) is 188 Å². The average molecular weight is 777 g/mol. The van der Waals surface area contributed by atoms with Crippen LogP contribution in [-0.4, -0.2) is 85.3 Å². The molecule has 56 heavy (non-hydrogen) atoms. The minimum Gasteiger partial charge on any atom is -0.508 e. The van der Waals surface area contributed by atoms with Gasteiger partial charge in [0.05, 0.1) is 43.7 Å². The second-order valence-electron chi connectivity index (χ2n) is 17.5. The first-order valence-corrected chi connectivity index (χ1v) is 21.1. The number of hydrogen-bond acceptors (Lipinski definition) is 10. The molecule has 0 unspecified atom stereocenters. The van der Waals surface area contributed by atoms with Crippen LogP contribution < -0.4 is 10.1 Å². The Labute approximate surface area is 331 Å². The van der Waals surface area contributed by atoms with Gasteiger partial charge in [-0.05, 0) is 142 Å². The lowest BCUT2D eigenvalue weighted by atomic mass is 9.66. The number of aliphatic hydroxyl groups is 4. The lowest BCUT2D eigenvalue weighted by molar-refractivity contribution is -0.154. The number of aliphatic hydroxyl groups excluding tert-OH is 3. The fourth-order valence-electron chi connectivity index (χ4n) is 11.1. The van der Waals surface area contributed by atoms with Gasteiger partial charge in [0.2, 0.25) is 5.75 Å². The van der Waals surface area contributed by atoms with Crippen LogP contribution >= 0.6 is 0 Å². The summed E-state index contributed by atoms with van der Waals surface area (Å²) < 4.78 is 12.5. The van der Waals surface area contributed by atoms with Gasteiger partial charge in [0.15, 0.2) is 11.5 Å². The fourth-order valence-corrected chi connectivity index (χ4v) is 11.1. The largest absolute Gasteiger partial charge is 0.508 e. The van der Waals surface area contributed by atoms with E-state index in [0.29, 0.717) is 42.7 Å². The fraction of sp³-hybridized carbons (Fsp3) is 0.644. The molecular formula is C45H64N2O9. The molecule has 3 aliphatic carbocycles. The van der Waals surface area contributed by atoms with Crippen molar-refractivity contribution in [3.63, 3.8) is 0 Å². The number of aromatic hydroxyl groups is 3. The van der Waals surface area contributed by atoms with Gasteiger partial charge >= 0.3 is 0 Å². The van der Waals surface area contributed by atoms with Crippen molar-refractivity contribution in [2.24, 2.45) is 17.8 Å². The molecule has 0 spiro atoms. The number of ether oxygens (including phenoxy) is 2. The van der Waals surface area contributed by atoms with Gasteiger partial charge in [0, 0.05) is 42.3 Å². The van der Waals surface area contributed by atoms with Crippen molar-refractivity contribution in [2.75, 3.05) is 20.7 Å². The van der Waals surface area contributed by atoms with E-state index in [1.165, 1.54) is 7.11 Å². The van der Waals surface area contributed by atoms with Crippen LogP contribution in [0, 0.1) is 17.8 Å². The molecule has 9 atom stereocenters. The van der Waals surface area contributed by atoms with Gasteiger partial charge in [-0.2, -0.15) is 0 Å². The number of H-pyrrole nitrogens is 1. The van der Waals surface area contributed by atoms with Gasteiger partial charge < -0.3 is 55.5 Å². The molecule has 1 saturated heterocycles. The minimum absolute atomic E-state index is 0.0137. The molecule has 308 valence electrons. The Morgan fingerprint density at radius 2 is 1.80 bits per heavy atom. The molecule has 11 nitrogen and oxygen atoms in total. The second kappa shape index (κ2) is 17.7. The molecule has 4 fully saturated rings. The third-order valence-corrected chi connectivity index (χ3v) is 14.2. The molecule has 0 bridgehead atoms. The first-order valence-electron chi connectivity index (χ1n) is 21.1. The molecular weight excluding hydrogens is 712 g/mol. The van der Waals surface area contributed by atoms with Gasteiger partial charge in [-0.3, -0.25) is 0 Å². The summed E-state index contributed by atoms with van der Waals surface area (Å²) >= 11 is 0. The molecule has 11 heteroatoms. The number of aromatic nitrogens is 1. The molecule has 3 aromatic rings. The summed E-state index contributed by atoms with van der Waals surface area (Å²) in [6.07, 6.45) is 13.0. The summed E-state index contributed by atoms with van der Waals surface area (Å²) in [5.41, 5.74) is 3.52. The highest BCUT2D eigenvalue weighted by Gasteiger charge is 2.45. The maximum atomic E-state index is 11.7. The highest BCUT2D eigenvalue weighted by molar-refractivity contribution is 5.64. The van der Waals surface area contributed by atoms with E-state index in [1.54, 1.807) is 6.20 Å². The SMILES string of the molecule is CNCC[C@@H]1CC[C@H]([C@H](O)CCC2(O)CCCC2)[C@H](c2cc([C@@H]3CC[C@H]4[C@H](C3)O[C@H](c3c(CO)c(O)c(O)c(OC)c3Cc3cc[nH]c3)C[C@@H]4O)ccc2O)C1. The van der Waals surface area contributed by atoms with Crippen molar-refractivity contribution < 1.29 is 45.2 Å². The van der Waals surface area contributed by atoms with Gasteiger partial charge in [-0.25, -0.2) is 0 Å². The first kappa shape index (κ1) is 40.9. The lowest BCUT2D eigenvalue weighted by Crippen LogP contribution is -2.44. The monoisotopic (exact) mass is 776 g/mol. The molecule has 9 N–H and O–H groups in total. The molecule has 2 heterocycles. The summed E-state index contributed by atoms with van der Waals surface area (Å²) in [5.74, 6) is -0.0560. The number of benzene rings is 2. The third-order valence-electron chi connectivity index (χ3n) is 14.2. The number of nitrogens with one attached hydrogen (secondary N) is 2. The molecule has 4 aliphatic rings. The van der Waals surface area contributed by atoms with E-state index >= 15 is 0 Å². The number of rotatable bonds is 14. The highest BCUT2D eigenvalue weighted by atomic mass is 16.5. The van der Waals surface area contributed by atoms with Crippen molar-refractivity contribution in [3.05, 3.63) is 70.0 Å². The van der Waals surface area contributed by atoms with Crippen LogP contribution in [0.5, 0.6) is 23.0 Å². The number of phenolic OH excluding ortho intramolecular Hbond substituents is 2. The van der Waals surface area contributed by atoms with Crippen molar-refractivity contribution in [1.29, 1.82) is 0 Å². The molecule has 3 saturated carbocycles. The minimum atomic E-state index is -0.676. The van der Waals surface area contributed by atoms with Crippen LogP contribution in [-0.2, 0) is 17.8 Å². The van der Waals surface area contributed by atoms with E-state index < -0.39 is 42.0 Å². The molecule has 7 rings (SSSR count). The van der Waals surface area contributed by atoms with Gasteiger partial charge in [-0.15, -0.1) is 0 Å². The van der Waals surface area contributed by atoms with E-state index in [-0.39, 0.29) is 53.3 Å². The molecule has 0 radical (unpaired) electrons. The Balaban J connectivity index is 1.15. The number of fused-ring (bicyclic) bond motifs is 1. The molecule has 0 amide bonds. The molecule has 2 aromatic carbocycles. The van der Waals surface area contributed by atoms with Crippen LogP contribution in [0.25, 0.3) is 0 Å². The van der Waals surface area contributed by atoms with Gasteiger partial charge in [0.25, 0.3) is 0 Å². The maximum Gasteiger partial charge on any atom is 0.201 e. The smallest absolute Gasteiger partial charge is 0.201 e. The normalized spacial score (nSPS) is 29.5. The zero-order valence-electron chi connectivity index (χ0n) is 33.1. The third kappa shape index (κ3) is 8.45. The van der Waals surface area contributed by atoms with E-state index in [9.17, 15) is 35.7 Å². The Morgan fingerprint density at radius 1 is 1.00 bits per heavy atom. The van der Waals surface area contributed by atoms with E-state index in [0.717, 1.165) is 87.4 Å². The Hall–Kier alpha value is -3.32. The van der Waals surface area contributed by atoms with E-state index in [1.807, 2.05) is 31.4 Å². The van der Waals surface area contributed by atoms with Crippen molar-refractivity contribution in [1.82, 2.24) is 10.3 Å². The number of phenols is 3. The molecule has 1 aromatic heterocycles. The highest BCUT2D eigenvalue weighted by Crippen LogP contribution is 2.53. The summed E-state index contributed by atoms with van der Waals surface area (Å²) in [7, 11) is 3.41. The zero-order chi connectivity index (χ0) is 39.6. The van der Waals surface area contributed by atoms with Gasteiger partial charge in [0.1, 0.15) is 5.75 Å². The number of methoxy groups -OCH3 is 1. The number of hydrogen-bond donors (Lipinski definition) is 9. The van der Waals surface area contributed by atoms with E-state index in [4.69, 9.17) is 9.47 Å². The Bertz CT molecular complexity index is 1760. The first-order chi connectivity index (χ1) is 27.0. The number of aromatic amines is 1. The summed E-state index contributed by atoms with van der Waals surface area (Å²) in [6.45, 7) is 0.389. The van der Waals surface area contributed by atoms with Crippen LogP contribution in [0.4, 0.5) is 0 Å². The lowest BCUT2D eigenvalue weighted by Gasteiger charge is -2.46.